The number of esters is 1. The third-order valence-corrected chi connectivity index (χ3v) is 7.38. The lowest BCUT2D eigenvalue weighted by Gasteiger charge is -2.21. The van der Waals surface area contributed by atoms with E-state index in [0.29, 0.717) is 34.1 Å². The molecule has 1 aliphatic carbocycles. The number of aromatic nitrogens is 2. The van der Waals surface area contributed by atoms with Gasteiger partial charge in [0, 0.05) is 29.1 Å². The van der Waals surface area contributed by atoms with E-state index >= 15 is 0 Å². The zero-order chi connectivity index (χ0) is 29.1. The number of halogens is 4. The van der Waals surface area contributed by atoms with Crippen molar-refractivity contribution in [1.29, 1.82) is 0 Å². The molecule has 2 heterocycles. The predicted molar refractivity (Wildman–Crippen MR) is 148 cm³/mol. The summed E-state index contributed by atoms with van der Waals surface area (Å²) in [6.45, 7) is -2.81. The number of rotatable bonds is 12. The van der Waals surface area contributed by atoms with E-state index in [-0.39, 0.29) is 34.5 Å². The molecular weight excluding hydrogens is 581 g/mol. The average molecular weight is 607 g/mol. The van der Waals surface area contributed by atoms with Gasteiger partial charge < -0.3 is 28.7 Å². The minimum Gasteiger partial charge on any atom is -0.619 e. The van der Waals surface area contributed by atoms with E-state index in [2.05, 4.69) is 4.74 Å². The molecule has 0 N–H and O–H groups in total. The summed E-state index contributed by atoms with van der Waals surface area (Å²) in [4.78, 5) is 13.3. The van der Waals surface area contributed by atoms with Crippen molar-refractivity contribution < 1.29 is 37.3 Å². The van der Waals surface area contributed by atoms with Crippen LogP contribution in [0.5, 0.6) is 17.2 Å². The lowest BCUT2D eigenvalue weighted by atomic mass is 10.0. The van der Waals surface area contributed by atoms with E-state index in [1.54, 1.807) is 23.9 Å². The lowest BCUT2D eigenvalue weighted by molar-refractivity contribution is -0.605. The molecule has 0 bridgehead atoms. The molecule has 41 heavy (non-hydrogen) atoms. The molecule has 1 unspecified atom stereocenters. The number of hydrogen-bond acceptors (Lipinski definition) is 6. The monoisotopic (exact) mass is 606 g/mol. The fourth-order valence-corrected chi connectivity index (χ4v) is 5.04. The molecule has 4 aromatic rings. The first-order valence-electron chi connectivity index (χ1n) is 12.8. The van der Waals surface area contributed by atoms with Crippen molar-refractivity contribution in [3.05, 3.63) is 87.4 Å². The Bertz CT molecular complexity index is 1540. The van der Waals surface area contributed by atoms with Crippen LogP contribution in [-0.2, 0) is 22.5 Å². The summed E-state index contributed by atoms with van der Waals surface area (Å²) >= 11 is 12.7. The minimum absolute atomic E-state index is 0.00495. The Morgan fingerprint density at radius 2 is 1.85 bits per heavy atom. The summed E-state index contributed by atoms with van der Waals surface area (Å²) in [5, 5.41) is 12.8. The molecule has 8 nitrogen and oxygen atoms in total. The molecule has 0 amide bonds. The molecular formula is C29H26Cl2F2N2O6. The summed E-state index contributed by atoms with van der Waals surface area (Å²) < 4.78 is 50.0. The Kier molecular flexibility index (Phi) is 8.70. The van der Waals surface area contributed by atoms with Crippen LogP contribution in [-0.4, -0.2) is 30.9 Å². The van der Waals surface area contributed by atoms with Crippen molar-refractivity contribution in [3.8, 4) is 17.2 Å². The zero-order valence-electron chi connectivity index (χ0n) is 21.9. The van der Waals surface area contributed by atoms with Gasteiger partial charge in [-0.05, 0) is 60.7 Å². The van der Waals surface area contributed by atoms with Crippen LogP contribution in [0.3, 0.4) is 0 Å². The van der Waals surface area contributed by atoms with Crippen molar-refractivity contribution in [2.45, 2.75) is 38.5 Å². The fourth-order valence-electron chi connectivity index (χ4n) is 4.44. The van der Waals surface area contributed by atoms with E-state index in [1.165, 1.54) is 18.2 Å². The number of carbonyl (C=O) groups excluding carboxylic acids is 1. The number of ether oxygens (including phenoxy) is 4. The number of hydrogen-bond donors (Lipinski definition) is 0. The Labute approximate surface area is 244 Å². The normalized spacial score (nSPS) is 13.8. The van der Waals surface area contributed by atoms with Crippen LogP contribution in [0.25, 0.3) is 10.9 Å². The van der Waals surface area contributed by atoms with Crippen LogP contribution in [0.4, 0.5) is 8.78 Å². The van der Waals surface area contributed by atoms with E-state index < -0.39 is 18.7 Å². The molecule has 2 aromatic carbocycles. The first-order chi connectivity index (χ1) is 19.7. The second-order valence-corrected chi connectivity index (χ2v) is 10.5. The highest BCUT2D eigenvalue weighted by Crippen LogP contribution is 2.38. The SMILES string of the molecule is COc1ccc2c(ccn2CC(=O)OC(Cc2c(Cl)c[n+]([O-])cc2Cl)c2ccc(OC(F)F)c(OCC3CC3)c2)c1. The molecule has 12 heteroatoms. The largest absolute Gasteiger partial charge is 0.619 e. The number of methoxy groups -OCH3 is 1. The van der Waals surface area contributed by atoms with Gasteiger partial charge in [-0.25, -0.2) is 0 Å². The minimum atomic E-state index is -3.05. The highest BCUT2D eigenvalue weighted by Gasteiger charge is 2.26. The van der Waals surface area contributed by atoms with E-state index in [0.717, 1.165) is 36.1 Å². The van der Waals surface area contributed by atoms with Gasteiger partial charge in [-0.15, -0.1) is 0 Å². The summed E-state index contributed by atoms with van der Waals surface area (Å²) in [5.41, 5.74) is 1.63. The maximum Gasteiger partial charge on any atom is 0.387 e. The maximum absolute atomic E-state index is 13.3. The number of nitrogens with zero attached hydrogens (tertiary/aromatic N) is 2. The summed E-state index contributed by atoms with van der Waals surface area (Å²) in [7, 11) is 1.58. The highest BCUT2D eigenvalue weighted by molar-refractivity contribution is 6.35. The summed E-state index contributed by atoms with van der Waals surface area (Å²) in [6.07, 6.45) is 5.10. The molecule has 2 aromatic heterocycles. The highest BCUT2D eigenvalue weighted by atomic mass is 35.5. The molecule has 0 spiro atoms. The molecule has 1 aliphatic rings. The topological polar surface area (TPSA) is 85.9 Å². The number of fused-ring (bicyclic) bond motifs is 1. The summed E-state index contributed by atoms with van der Waals surface area (Å²) in [5.74, 6) is 0.436. The Balaban J connectivity index is 1.44. The van der Waals surface area contributed by atoms with E-state index in [9.17, 15) is 18.8 Å². The second kappa shape index (κ2) is 12.4. The van der Waals surface area contributed by atoms with Crippen molar-refractivity contribution >= 4 is 40.1 Å². The standard InChI is InChI=1S/C29H26Cl2F2N2O6/c1-38-20-5-6-24-18(10-20)8-9-34(24)15-28(36)40-26(12-21-22(30)13-35(37)14-23(21)31)19-4-7-25(41-29(32)33)27(11-19)39-16-17-2-3-17/h4-11,13-14,17,26,29H,2-3,12,15-16H2,1H3. The van der Waals surface area contributed by atoms with Gasteiger partial charge in [0.25, 0.3) is 0 Å². The van der Waals surface area contributed by atoms with Crippen LogP contribution >= 0.6 is 23.2 Å². The molecule has 5 rings (SSSR count). The number of benzene rings is 2. The van der Waals surface area contributed by atoms with Crippen LogP contribution in [0.2, 0.25) is 10.0 Å². The van der Waals surface area contributed by atoms with Crippen molar-refractivity contribution in [3.63, 3.8) is 0 Å². The van der Waals surface area contributed by atoms with Gasteiger partial charge in [0.1, 0.15) is 28.4 Å². The van der Waals surface area contributed by atoms with Crippen LogP contribution in [0.15, 0.2) is 61.1 Å². The first kappa shape index (κ1) is 28.8. The van der Waals surface area contributed by atoms with Gasteiger partial charge in [0.2, 0.25) is 0 Å². The quantitative estimate of drug-likeness (QED) is 0.104. The Morgan fingerprint density at radius 3 is 2.54 bits per heavy atom. The van der Waals surface area contributed by atoms with E-state index in [4.69, 9.17) is 37.4 Å². The molecule has 1 saturated carbocycles. The molecule has 1 atom stereocenters. The number of pyridine rings is 1. The third-order valence-electron chi connectivity index (χ3n) is 6.73. The Morgan fingerprint density at radius 1 is 1.10 bits per heavy atom. The van der Waals surface area contributed by atoms with Gasteiger partial charge >= 0.3 is 12.6 Å². The maximum atomic E-state index is 13.3. The smallest absolute Gasteiger partial charge is 0.387 e. The third kappa shape index (κ3) is 7.12. The zero-order valence-corrected chi connectivity index (χ0v) is 23.4. The summed E-state index contributed by atoms with van der Waals surface area (Å²) in [6, 6.07) is 11.7. The van der Waals surface area contributed by atoms with Crippen LogP contribution < -0.4 is 18.9 Å². The number of alkyl halides is 2. The van der Waals surface area contributed by atoms with Gasteiger partial charge in [-0.1, -0.05) is 29.3 Å². The average Bonchev–Trinajstić information content (AvgIpc) is 3.68. The number of carbonyl (C=O) groups is 1. The fraction of sp³-hybridized carbons (Fsp3) is 0.310. The van der Waals surface area contributed by atoms with Gasteiger partial charge in [0.15, 0.2) is 23.9 Å². The predicted octanol–water partition coefficient (Wildman–Crippen LogP) is 6.51. The van der Waals surface area contributed by atoms with Crippen molar-refractivity contribution in [2.24, 2.45) is 5.92 Å². The second-order valence-electron chi connectivity index (χ2n) is 9.68. The van der Waals surface area contributed by atoms with Crippen LogP contribution in [0.1, 0.15) is 30.1 Å². The lowest BCUT2D eigenvalue weighted by Crippen LogP contribution is -2.26. The molecule has 216 valence electrons. The Hall–Kier alpha value is -3.76. The molecule has 0 saturated heterocycles. The van der Waals surface area contributed by atoms with Gasteiger partial charge in [-0.3, -0.25) is 4.79 Å². The van der Waals surface area contributed by atoms with E-state index in [1.807, 2.05) is 18.2 Å². The van der Waals surface area contributed by atoms with Crippen molar-refractivity contribution in [1.82, 2.24) is 4.57 Å². The molecule has 1 fully saturated rings. The van der Waals surface area contributed by atoms with Crippen LogP contribution in [0, 0.1) is 11.1 Å². The molecule has 0 aliphatic heterocycles. The van der Waals surface area contributed by atoms with Gasteiger partial charge in [0.05, 0.1) is 13.7 Å². The first-order valence-corrected chi connectivity index (χ1v) is 13.6. The molecule has 0 radical (unpaired) electrons. The van der Waals surface area contributed by atoms with Gasteiger partial charge in [-0.2, -0.15) is 13.5 Å². The van der Waals surface area contributed by atoms with Crippen molar-refractivity contribution in [2.75, 3.05) is 13.7 Å².